The molecule has 0 bridgehead atoms. The molecule has 3 rings (SSSR count). The van der Waals surface area contributed by atoms with Crippen molar-refractivity contribution in [3.8, 4) is 5.75 Å². The fraction of sp³-hybridized carbons (Fsp3) is 0.188. The molecule has 24 heavy (non-hydrogen) atoms. The van der Waals surface area contributed by atoms with E-state index in [1.807, 2.05) is 11.0 Å². The van der Waals surface area contributed by atoms with Crippen molar-refractivity contribution in [2.75, 3.05) is 25.1 Å². The Morgan fingerprint density at radius 1 is 1.21 bits per heavy atom. The summed E-state index contributed by atoms with van der Waals surface area (Å²) in [5.74, 6) is 1.38. The number of nitrogens with two attached hydrogens (primary N) is 1. The molecule has 0 spiro atoms. The Morgan fingerprint density at radius 3 is 2.50 bits per heavy atom. The van der Waals surface area contributed by atoms with Crippen LogP contribution in [0.1, 0.15) is 5.56 Å². The van der Waals surface area contributed by atoms with E-state index in [9.17, 15) is 8.42 Å². The van der Waals surface area contributed by atoms with Crippen LogP contribution >= 0.6 is 11.6 Å². The molecule has 1 heterocycles. The predicted octanol–water partition coefficient (Wildman–Crippen LogP) is 2.26. The molecular formula is C16H16ClN3O3S. The second-order valence-corrected chi connectivity index (χ2v) is 7.21. The van der Waals surface area contributed by atoms with Crippen molar-refractivity contribution in [2.45, 2.75) is 4.90 Å². The van der Waals surface area contributed by atoms with Crippen LogP contribution in [-0.2, 0) is 10.0 Å². The third-order valence-corrected chi connectivity index (χ3v) is 4.95. The van der Waals surface area contributed by atoms with Gasteiger partial charge in [-0.1, -0.05) is 11.6 Å². The van der Waals surface area contributed by atoms with Gasteiger partial charge in [0.05, 0.1) is 23.6 Å². The lowest BCUT2D eigenvalue weighted by Crippen LogP contribution is -2.28. The van der Waals surface area contributed by atoms with Gasteiger partial charge in [0, 0.05) is 17.8 Å². The molecule has 0 saturated carbocycles. The normalized spacial score (nSPS) is 14.6. The molecule has 0 unspecified atom stereocenters. The van der Waals surface area contributed by atoms with Gasteiger partial charge in [-0.15, -0.1) is 0 Å². The van der Waals surface area contributed by atoms with Crippen molar-refractivity contribution in [1.82, 2.24) is 0 Å². The molecule has 0 fully saturated rings. The second-order valence-electron chi connectivity index (χ2n) is 5.25. The van der Waals surface area contributed by atoms with Crippen LogP contribution in [0.4, 0.5) is 5.69 Å². The second kappa shape index (κ2) is 6.43. The number of ether oxygens (including phenoxy) is 1. The molecule has 6 nitrogen and oxygen atoms in total. The third-order valence-electron chi connectivity index (χ3n) is 3.73. The van der Waals surface area contributed by atoms with Crippen molar-refractivity contribution in [1.29, 1.82) is 0 Å². The predicted molar refractivity (Wildman–Crippen MR) is 94.6 cm³/mol. The molecule has 2 N–H and O–H groups in total. The van der Waals surface area contributed by atoms with Crippen LogP contribution in [-0.4, -0.2) is 34.5 Å². The first kappa shape index (κ1) is 16.8. The van der Waals surface area contributed by atoms with Crippen LogP contribution in [0.3, 0.4) is 0 Å². The molecule has 1 aliphatic rings. The zero-order chi connectivity index (χ0) is 17.3. The number of anilines is 1. The number of amidine groups is 1. The lowest BCUT2D eigenvalue weighted by molar-refractivity contribution is 0.415. The van der Waals surface area contributed by atoms with E-state index in [4.69, 9.17) is 21.5 Å². The topological polar surface area (TPSA) is 85.0 Å². The van der Waals surface area contributed by atoms with Crippen molar-refractivity contribution in [3.05, 3.63) is 53.1 Å². The van der Waals surface area contributed by atoms with Gasteiger partial charge in [0.25, 0.3) is 0 Å². The molecule has 0 aromatic heterocycles. The number of nitrogens with zero attached hydrogens (tertiary/aromatic N) is 2. The molecule has 0 radical (unpaired) electrons. The average molecular weight is 366 g/mol. The number of benzene rings is 2. The number of hydrogen-bond donors (Lipinski definition) is 1. The van der Waals surface area contributed by atoms with Crippen LogP contribution in [0.25, 0.3) is 0 Å². The van der Waals surface area contributed by atoms with Crippen LogP contribution in [0.15, 0.2) is 52.4 Å². The van der Waals surface area contributed by atoms with Crippen molar-refractivity contribution in [3.63, 3.8) is 0 Å². The van der Waals surface area contributed by atoms with Crippen LogP contribution in [0, 0.1) is 0 Å². The molecule has 0 saturated heterocycles. The molecule has 2 aromatic rings. The lowest BCUT2D eigenvalue weighted by Gasteiger charge is -2.21. The first-order valence-electron chi connectivity index (χ1n) is 7.19. The minimum atomic E-state index is -3.70. The van der Waals surface area contributed by atoms with E-state index in [0.29, 0.717) is 23.9 Å². The van der Waals surface area contributed by atoms with E-state index >= 15 is 0 Å². The Bertz CT molecular complexity index is 895. The highest BCUT2D eigenvalue weighted by molar-refractivity contribution is 7.89. The number of sulfonamides is 1. The van der Waals surface area contributed by atoms with Gasteiger partial charge in [0.1, 0.15) is 11.6 Å². The van der Waals surface area contributed by atoms with Crippen LogP contribution < -0.4 is 14.8 Å². The molecule has 0 atom stereocenters. The highest BCUT2D eigenvalue weighted by Gasteiger charge is 2.21. The maximum atomic E-state index is 11.4. The van der Waals surface area contributed by atoms with Crippen molar-refractivity contribution < 1.29 is 13.2 Å². The van der Waals surface area contributed by atoms with E-state index < -0.39 is 10.0 Å². The highest BCUT2D eigenvalue weighted by Crippen LogP contribution is 2.28. The van der Waals surface area contributed by atoms with Gasteiger partial charge < -0.3 is 9.64 Å². The van der Waals surface area contributed by atoms with Gasteiger partial charge in [-0.3, -0.25) is 4.99 Å². The highest BCUT2D eigenvalue weighted by atomic mass is 35.5. The number of aliphatic imine (C=N–C) groups is 1. The summed E-state index contributed by atoms with van der Waals surface area (Å²) in [5.41, 5.74) is 1.71. The summed E-state index contributed by atoms with van der Waals surface area (Å²) in [5, 5.41) is 5.64. The minimum Gasteiger partial charge on any atom is -0.495 e. The van der Waals surface area contributed by atoms with E-state index in [-0.39, 0.29) is 4.90 Å². The Kier molecular flexibility index (Phi) is 4.49. The summed E-state index contributed by atoms with van der Waals surface area (Å²) in [4.78, 5) is 6.62. The SMILES string of the molecule is COc1ccc(C2=NCCN2c2ccc(S(N)(=O)=O)cc2)cc1Cl. The maximum Gasteiger partial charge on any atom is 0.238 e. The summed E-state index contributed by atoms with van der Waals surface area (Å²) in [6, 6.07) is 11.9. The first-order chi connectivity index (χ1) is 11.4. The summed E-state index contributed by atoms with van der Waals surface area (Å²) in [6.45, 7) is 1.35. The Morgan fingerprint density at radius 2 is 1.92 bits per heavy atom. The van der Waals surface area contributed by atoms with Gasteiger partial charge in [-0.2, -0.15) is 0 Å². The van der Waals surface area contributed by atoms with Gasteiger partial charge in [-0.05, 0) is 42.5 Å². The monoisotopic (exact) mass is 365 g/mol. The number of halogens is 1. The third kappa shape index (κ3) is 3.24. The summed E-state index contributed by atoms with van der Waals surface area (Å²) in [7, 11) is -2.14. The van der Waals surface area contributed by atoms with Crippen molar-refractivity contribution in [2.24, 2.45) is 10.1 Å². The molecular weight excluding hydrogens is 350 g/mol. The van der Waals surface area contributed by atoms with Crippen LogP contribution in [0.5, 0.6) is 5.75 Å². The maximum absolute atomic E-state index is 11.4. The van der Waals surface area contributed by atoms with Gasteiger partial charge in [-0.25, -0.2) is 13.6 Å². The average Bonchev–Trinajstić information content (AvgIpc) is 3.03. The van der Waals surface area contributed by atoms with Crippen LogP contribution in [0.2, 0.25) is 5.02 Å². The van der Waals surface area contributed by atoms with Gasteiger partial charge in [0.2, 0.25) is 10.0 Å². The fourth-order valence-corrected chi connectivity index (χ4v) is 3.34. The number of hydrogen-bond acceptors (Lipinski definition) is 5. The number of rotatable bonds is 4. The largest absolute Gasteiger partial charge is 0.495 e. The van der Waals surface area contributed by atoms with Gasteiger partial charge >= 0.3 is 0 Å². The molecule has 0 amide bonds. The van der Waals surface area contributed by atoms with E-state index in [1.54, 1.807) is 31.4 Å². The summed E-state index contributed by atoms with van der Waals surface area (Å²) in [6.07, 6.45) is 0. The van der Waals surface area contributed by atoms with E-state index in [1.165, 1.54) is 12.1 Å². The fourth-order valence-electron chi connectivity index (χ4n) is 2.57. The smallest absolute Gasteiger partial charge is 0.238 e. The number of primary sulfonamides is 1. The molecule has 1 aliphatic heterocycles. The molecule has 2 aromatic carbocycles. The standard InChI is InChI=1S/C16H16ClN3O3S/c1-23-15-7-2-11(10-14(15)17)16-19-8-9-20(16)12-3-5-13(6-4-12)24(18,21)22/h2-7,10H,8-9H2,1H3,(H2,18,21,22). The Hall–Kier alpha value is -2.09. The van der Waals surface area contributed by atoms with Crippen molar-refractivity contribution >= 4 is 33.1 Å². The minimum absolute atomic E-state index is 0.0800. The molecule has 0 aliphatic carbocycles. The molecule has 126 valence electrons. The van der Waals surface area contributed by atoms with E-state index in [0.717, 1.165) is 17.1 Å². The summed E-state index contributed by atoms with van der Waals surface area (Å²) >= 11 is 6.19. The van der Waals surface area contributed by atoms with Gasteiger partial charge in [0.15, 0.2) is 0 Å². The Labute approximate surface area is 145 Å². The summed E-state index contributed by atoms with van der Waals surface area (Å²) < 4.78 is 27.9. The zero-order valence-electron chi connectivity index (χ0n) is 12.9. The van der Waals surface area contributed by atoms with E-state index in [2.05, 4.69) is 4.99 Å². The lowest BCUT2D eigenvalue weighted by atomic mass is 10.1. The first-order valence-corrected chi connectivity index (χ1v) is 9.11. The Balaban J connectivity index is 1.92. The quantitative estimate of drug-likeness (QED) is 0.900. The number of methoxy groups -OCH3 is 1. The zero-order valence-corrected chi connectivity index (χ0v) is 14.5. The molecule has 8 heteroatoms.